The second kappa shape index (κ2) is 4.04. The van der Waals surface area contributed by atoms with Crippen molar-refractivity contribution in [3.63, 3.8) is 0 Å². The molecule has 0 radical (unpaired) electrons. The molecule has 1 fully saturated rings. The van der Waals surface area contributed by atoms with Crippen molar-refractivity contribution in [2.75, 3.05) is 26.3 Å². The fourth-order valence-electron chi connectivity index (χ4n) is 1.22. The molecular weight excluding hydrogens is 172 g/mol. The highest BCUT2D eigenvalue weighted by Gasteiger charge is 2.47. The number of amides is 1. The number of carbonyl (C=O) groups is 1. The average Bonchev–Trinajstić information content (AvgIpc) is 2.84. The summed E-state index contributed by atoms with van der Waals surface area (Å²) >= 11 is 0. The Labute approximate surface area is 77.1 Å². The number of rotatable bonds is 5. The van der Waals surface area contributed by atoms with Crippen LogP contribution in [0.25, 0.3) is 0 Å². The summed E-state index contributed by atoms with van der Waals surface area (Å²) in [5, 5.41) is 17.4. The molecule has 0 atom stereocenters. The molecule has 1 aliphatic rings. The topological polar surface area (TPSA) is 86.8 Å². The molecule has 0 aromatic heterocycles. The van der Waals surface area contributed by atoms with Gasteiger partial charge in [-0.25, -0.2) is 0 Å². The lowest BCUT2D eigenvalue weighted by Crippen LogP contribution is -2.47. The molecule has 1 aliphatic carbocycles. The third-order valence-electron chi connectivity index (χ3n) is 2.24. The molecule has 0 saturated heterocycles. The van der Waals surface area contributed by atoms with E-state index >= 15 is 0 Å². The zero-order chi connectivity index (χ0) is 9.90. The Hall–Kier alpha value is -0.650. The minimum Gasteiger partial charge on any atom is -0.395 e. The number of aliphatic hydroxyl groups excluding tert-OH is 2. The third kappa shape index (κ3) is 2.40. The van der Waals surface area contributed by atoms with Gasteiger partial charge in [-0.2, -0.15) is 0 Å². The van der Waals surface area contributed by atoms with Crippen LogP contribution in [0.15, 0.2) is 0 Å². The predicted molar refractivity (Wildman–Crippen MR) is 46.9 cm³/mol. The second-order valence-corrected chi connectivity index (χ2v) is 3.40. The van der Waals surface area contributed by atoms with Gasteiger partial charge in [-0.1, -0.05) is 0 Å². The van der Waals surface area contributed by atoms with Crippen molar-refractivity contribution < 1.29 is 15.0 Å². The maximum Gasteiger partial charge on any atom is 0.242 e. The van der Waals surface area contributed by atoms with Gasteiger partial charge >= 0.3 is 0 Å². The number of hydrogen-bond donors (Lipinski definition) is 3. The Bertz CT molecular complexity index is 186. The van der Waals surface area contributed by atoms with Crippen molar-refractivity contribution >= 4 is 5.91 Å². The summed E-state index contributed by atoms with van der Waals surface area (Å²) in [5.41, 5.74) is 4.99. The number of carbonyl (C=O) groups excluding carboxylic acids is 1. The van der Waals surface area contributed by atoms with Crippen molar-refractivity contribution in [3.8, 4) is 0 Å². The lowest BCUT2D eigenvalue weighted by atomic mass is 10.2. The van der Waals surface area contributed by atoms with E-state index in [4.69, 9.17) is 15.9 Å². The first-order chi connectivity index (χ1) is 6.14. The SMILES string of the molecule is NC1(C(=O)N(CCO)CCO)CC1. The highest BCUT2D eigenvalue weighted by atomic mass is 16.3. The Kier molecular flexibility index (Phi) is 3.24. The van der Waals surface area contributed by atoms with Gasteiger partial charge in [-0.3, -0.25) is 4.79 Å². The maximum absolute atomic E-state index is 11.6. The van der Waals surface area contributed by atoms with Gasteiger partial charge in [-0.05, 0) is 12.8 Å². The minimum absolute atomic E-state index is 0.0954. The van der Waals surface area contributed by atoms with Crippen LogP contribution >= 0.6 is 0 Å². The van der Waals surface area contributed by atoms with E-state index in [0.717, 1.165) is 0 Å². The van der Waals surface area contributed by atoms with Crippen LogP contribution in [-0.2, 0) is 4.79 Å². The van der Waals surface area contributed by atoms with Crippen LogP contribution in [0.4, 0.5) is 0 Å². The molecule has 0 aromatic carbocycles. The van der Waals surface area contributed by atoms with E-state index in [2.05, 4.69) is 0 Å². The molecule has 5 nitrogen and oxygen atoms in total. The standard InChI is InChI=1S/C8H16N2O3/c9-8(1-2-8)7(13)10(3-5-11)4-6-12/h11-12H,1-6,9H2. The smallest absolute Gasteiger partial charge is 0.242 e. The van der Waals surface area contributed by atoms with Crippen molar-refractivity contribution in [2.24, 2.45) is 5.73 Å². The van der Waals surface area contributed by atoms with E-state index < -0.39 is 5.54 Å². The van der Waals surface area contributed by atoms with Gasteiger partial charge in [0.25, 0.3) is 0 Å². The lowest BCUT2D eigenvalue weighted by molar-refractivity contribution is -0.134. The van der Waals surface area contributed by atoms with E-state index in [1.165, 1.54) is 4.90 Å². The summed E-state index contributed by atoms with van der Waals surface area (Å²) < 4.78 is 0. The van der Waals surface area contributed by atoms with Gasteiger partial charge in [0.05, 0.1) is 18.8 Å². The monoisotopic (exact) mass is 188 g/mol. The van der Waals surface area contributed by atoms with Crippen LogP contribution in [0.1, 0.15) is 12.8 Å². The fourth-order valence-corrected chi connectivity index (χ4v) is 1.22. The first-order valence-corrected chi connectivity index (χ1v) is 4.44. The summed E-state index contributed by atoms with van der Waals surface area (Å²) in [6, 6.07) is 0. The van der Waals surface area contributed by atoms with Gasteiger partial charge in [0.1, 0.15) is 0 Å². The largest absolute Gasteiger partial charge is 0.395 e. The zero-order valence-corrected chi connectivity index (χ0v) is 7.57. The summed E-state index contributed by atoms with van der Waals surface area (Å²) in [5.74, 6) is -0.157. The van der Waals surface area contributed by atoms with Crippen LogP contribution in [0.2, 0.25) is 0 Å². The van der Waals surface area contributed by atoms with Gasteiger partial charge in [0.2, 0.25) is 5.91 Å². The lowest BCUT2D eigenvalue weighted by Gasteiger charge is -2.23. The highest BCUT2D eigenvalue weighted by Crippen LogP contribution is 2.33. The van der Waals surface area contributed by atoms with Crippen molar-refractivity contribution in [1.29, 1.82) is 0 Å². The normalized spacial score (nSPS) is 18.4. The molecule has 0 unspecified atom stereocenters. The molecule has 0 aromatic rings. The Morgan fingerprint density at radius 1 is 1.31 bits per heavy atom. The molecule has 76 valence electrons. The van der Waals surface area contributed by atoms with Gasteiger partial charge in [0.15, 0.2) is 0 Å². The number of hydrogen-bond acceptors (Lipinski definition) is 4. The number of nitrogens with two attached hydrogens (primary N) is 1. The van der Waals surface area contributed by atoms with E-state index in [0.29, 0.717) is 12.8 Å². The van der Waals surface area contributed by atoms with Crippen molar-refractivity contribution in [3.05, 3.63) is 0 Å². The van der Waals surface area contributed by atoms with Crippen molar-refractivity contribution in [2.45, 2.75) is 18.4 Å². The summed E-state index contributed by atoms with van der Waals surface area (Å²) in [6.45, 7) is 0.306. The molecule has 0 bridgehead atoms. The van der Waals surface area contributed by atoms with Gasteiger partial charge in [-0.15, -0.1) is 0 Å². The van der Waals surface area contributed by atoms with Crippen LogP contribution < -0.4 is 5.73 Å². The summed E-state index contributed by atoms with van der Waals surface area (Å²) in [4.78, 5) is 13.0. The van der Waals surface area contributed by atoms with Crippen LogP contribution in [0.5, 0.6) is 0 Å². The molecule has 0 heterocycles. The van der Waals surface area contributed by atoms with E-state index in [1.54, 1.807) is 0 Å². The van der Waals surface area contributed by atoms with E-state index in [1.807, 2.05) is 0 Å². The third-order valence-corrected chi connectivity index (χ3v) is 2.24. The molecule has 0 aliphatic heterocycles. The molecule has 1 saturated carbocycles. The van der Waals surface area contributed by atoms with Gasteiger partial charge < -0.3 is 20.8 Å². The van der Waals surface area contributed by atoms with Crippen molar-refractivity contribution in [1.82, 2.24) is 4.90 Å². The van der Waals surface area contributed by atoms with Crippen LogP contribution in [-0.4, -0.2) is 52.9 Å². The Morgan fingerprint density at radius 3 is 2.08 bits per heavy atom. The fraction of sp³-hybridized carbons (Fsp3) is 0.875. The van der Waals surface area contributed by atoms with E-state index in [-0.39, 0.29) is 32.2 Å². The second-order valence-electron chi connectivity index (χ2n) is 3.40. The molecule has 13 heavy (non-hydrogen) atoms. The minimum atomic E-state index is -0.704. The predicted octanol–water partition coefficient (Wildman–Crippen LogP) is -1.71. The summed E-state index contributed by atoms with van der Waals surface area (Å²) in [7, 11) is 0. The zero-order valence-electron chi connectivity index (χ0n) is 7.57. The first-order valence-electron chi connectivity index (χ1n) is 4.44. The molecular formula is C8H16N2O3. The molecule has 4 N–H and O–H groups in total. The Balaban J connectivity index is 2.48. The highest BCUT2D eigenvalue weighted by molar-refractivity contribution is 5.89. The molecule has 5 heteroatoms. The van der Waals surface area contributed by atoms with Crippen LogP contribution in [0, 0.1) is 0 Å². The molecule has 0 spiro atoms. The molecule has 1 amide bonds. The quantitative estimate of drug-likeness (QED) is 0.479. The Morgan fingerprint density at radius 2 is 1.77 bits per heavy atom. The average molecular weight is 188 g/mol. The summed E-state index contributed by atoms with van der Waals surface area (Å²) in [6.07, 6.45) is 1.42. The van der Waals surface area contributed by atoms with Gasteiger partial charge in [0, 0.05) is 13.1 Å². The first kappa shape index (κ1) is 10.4. The number of nitrogens with zero attached hydrogens (tertiary/aromatic N) is 1. The van der Waals surface area contributed by atoms with Crippen LogP contribution in [0.3, 0.4) is 0 Å². The number of aliphatic hydroxyl groups is 2. The van der Waals surface area contributed by atoms with E-state index in [9.17, 15) is 4.79 Å². The maximum atomic E-state index is 11.6. The molecule has 1 rings (SSSR count).